The van der Waals surface area contributed by atoms with Gasteiger partial charge in [0.05, 0.1) is 0 Å². The minimum Gasteiger partial charge on any atom is -0.413 e. The van der Waals surface area contributed by atoms with Crippen molar-refractivity contribution in [3.8, 4) is 11.5 Å². The fourth-order valence-corrected chi connectivity index (χ4v) is 2.92. The molecule has 104 valence electrons. The Kier molecular flexibility index (Phi) is 5.08. The molecule has 0 saturated heterocycles. The van der Waals surface area contributed by atoms with E-state index < -0.39 is 7.60 Å². The molecule has 20 heavy (non-hydrogen) atoms. The molecule has 0 atom stereocenters. The normalized spacial score (nSPS) is 10.9. The van der Waals surface area contributed by atoms with E-state index in [4.69, 9.17) is 9.05 Å². The Labute approximate surface area is 134 Å². The van der Waals surface area contributed by atoms with Crippen molar-refractivity contribution >= 4 is 39.5 Å². The average Bonchev–Trinajstić information content (AvgIpc) is 2.44. The summed E-state index contributed by atoms with van der Waals surface area (Å²) in [6.45, 7) is 3.53. The van der Waals surface area contributed by atoms with Crippen LogP contribution in [0.3, 0.4) is 0 Å². The maximum atomic E-state index is 12.5. The summed E-state index contributed by atoms with van der Waals surface area (Å²) in [5, 5.41) is 0. The Bertz CT molecular complexity index is 587. The zero-order valence-electron chi connectivity index (χ0n) is 10.3. The van der Waals surface area contributed by atoms with Crippen LogP contribution in [-0.4, -0.2) is 0 Å². The second kappa shape index (κ2) is 6.61. The molecule has 0 fully saturated rings. The Balaban J connectivity index is 2.16. The van der Waals surface area contributed by atoms with Gasteiger partial charge in [-0.05, 0) is 48.5 Å². The first-order chi connectivity index (χ1) is 9.50. The minimum atomic E-state index is -3.44. The molecule has 0 unspecified atom stereocenters. The van der Waals surface area contributed by atoms with E-state index in [1.807, 2.05) is 0 Å². The van der Waals surface area contributed by atoms with Crippen molar-refractivity contribution in [3.63, 3.8) is 0 Å². The van der Waals surface area contributed by atoms with Crippen LogP contribution in [0.4, 0.5) is 0 Å². The van der Waals surface area contributed by atoms with Gasteiger partial charge in [0.25, 0.3) is 0 Å². The first-order valence-corrected chi connectivity index (χ1v) is 8.84. The van der Waals surface area contributed by atoms with E-state index in [1.54, 1.807) is 48.5 Å². The second-order valence-corrected chi connectivity index (χ2v) is 7.45. The maximum Gasteiger partial charge on any atom is 0.455 e. The van der Waals surface area contributed by atoms with E-state index in [1.165, 1.54) is 5.82 Å². The molecule has 0 aliphatic carbocycles. The average molecular weight is 418 g/mol. The van der Waals surface area contributed by atoms with Crippen LogP contribution in [0.2, 0.25) is 0 Å². The van der Waals surface area contributed by atoms with E-state index in [2.05, 4.69) is 38.4 Å². The van der Waals surface area contributed by atoms with E-state index in [0.29, 0.717) is 11.5 Å². The van der Waals surface area contributed by atoms with Crippen molar-refractivity contribution in [2.45, 2.75) is 0 Å². The van der Waals surface area contributed by atoms with Crippen LogP contribution >= 0.6 is 39.5 Å². The van der Waals surface area contributed by atoms with Crippen molar-refractivity contribution < 1.29 is 13.6 Å². The minimum absolute atomic E-state index is 0.452. The molecule has 0 spiro atoms. The molecule has 2 aromatic rings. The second-order valence-electron chi connectivity index (χ2n) is 3.81. The molecule has 0 amide bonds. The molecule has 0 heterocycles. The van der Waals surface area contributed by atoms with Crippen molar-refractivity contribution in [3.05, 3.63) is 69.9 Å². The van der Waals surface area contributed by atoms with E-state index in [-0.39, 0.29) is 0 Å². The molecule has 0 aromatic heterocycles. The summed E-state index contributed by atoms with van der Waals surface area (Å²) in [6, 6.07) is 14.0. The Morgan fingerprint density at radius 2 is 1.20 bits per heavy atom. The molecule has 2 rings (SSSR count). The summed E-state index contributed by atoms with van der Waals surface area (Å²) in [5.41, 5.74) is 0. The smallest absolute Gasteiger partial charge is 0.413 e. The zero-order valence-corrected chi connectivity index (χ0v) is 14.4. The molecule has 0 bridgehead atoms. The number of halogens is 2. The van der Waals surface area contributed by atoms with Crippen molar-refractivity contribution in [2.24, 2.45) is 0 Å². The Morgan fingerprint density at radius 3 is 1.50 bits per heavy atom. The van der Waals surface area contributed by atoms with Gasteiger partial charge in [-0.3, -0.25) is 0 Å². The molecule has 0 aliphatic heterocycles. The van der Waals surface area contributed by atoms with Gasteiger partial charge in [0, 0.05) is 14.8 Å². The van der Waals surface area contributed by atoms with Crippen LogP contribution in [-0.2, 0) is 4.57 Å². The van der Waals surface area contributed by atoms with E-state index in [9.17, 15) is 4.57 Å². The van der Waals surface area contributed by atoms with Gasteiger partial charge in [-0.25, -0.2) is 4.57 Å². The predicted molar refractivity (Wildman–Crippen MR) is 87.3 cm³/mol. The maximum absolute atomic E-state index is 12.5. The lowest BCUT2D eigenvalue weighted by Crippen LogP contribution is -1.98. The molecular weight excluding hydrogens is 407 g/mol. The molecule has 2 aromatic carbocycles. The lowest BCUT2D eigenvalue weighted by atomic mass is 10.3. The monoisotopic (exact) mass is 416 g/mol. The summed E-state index contributed by atoms with van der Waals surface area (Å²) in [6.07, 6.45) is 0. The number of hydrogen-bond acceptors (Lipinski definition) is 3. The lowest BCUT2D eigenvalue weighted by Gasteiger charge is -2.16. The van der Waals surface area contributed by atoms with Crippen LogP contribution in [0.15, 0.2) is 69.9 Å². The van der Waals surface area contributed by atoms with Gasteiger partial charge in [0.2, 0.25) is 0 Å². The van der Waals surface area contributed by atoms with Crippen LogP contribution in [0.25, 0.3) is 0 Å². The first kappa shape index (κ1) is 15.4. The molecule has 6 heteroatoms. The molecule has 3 nitrogen and oxygen atoms in total. The van der Waals surface area contributed by atoms with Gasteiger partial charge in [-0.15, -0.1) is 0 Å². The van der Waals surface area contributed by atoms with Gasteiger partial charge >= 0.3 is 7.60 Å². The van der Waals surface area contributed by atoms with Gasteiger partial charge in [-0.1, -0.05) is 38.4 Å². The number of rotatable bonds is 5. The number of benzene rings is 2. The van der Waals surface area contributed by atoms with Gasteiger partial charge in [0.15, 0.2) is 0 Å². The largest absolute Gasteiger partial charge is 0.455 e. The summed E-state index contributed by atoms with van der Waals surface area (Å²) in [5.74, 6) is 2.10. The number of hydrogen-bond donors (Lipinski definition) is 0. The van der Waals surface area contributed by atoms with Gasteiger partial charge in [-0.2, -0.15) is 0 Å². The SMILES string of the molecule is C=CP(=O)(Oc1ccc(Br)cc1)Oc1ccc(Br)cc1. The summed E-state index contributed by atoms with van der Waals surface area (Å²) in [7, 11) is -3.44. The molecular formula is C14H11Br2O3P. The van der Waals surface area contributed by atoms with E-state index in [0.717, 1.165) is 8.95 Å². The van der Waals surface area contributed by atoms with Crippen molar-refractivity contribution in [1.29, 1.82) is 0 Å². The quantitative estimate of drug-likeness (QED) is 0.559. The predicted octanol–water partition coefficient (Wildman–Crippen LogP) is 6.01. The van der Waals surface area contributed by atoms with E-state index >= 15 is 0 Å². The third-order valence-corrected chi connectivity index (χ3v) is 4.75. The topological polar surface area (TPSA) is 35.5 Å². The fraction of sp³-hybridized carbons (Fsp3) is 0. The summed E-state index contributed by atoms with van der Waals surface area (Å²) in [4.78, 5) is 0. The Morgan fingerprint density at radius 1 is 0.850 bits per heavy atom. The highest BCUT2D eigenvalue weighted by atomic mass is 79.9. The molecule has 0 saturated carbocycles. The van der Waals surface area contributed by atoms with Crippen molar-refractivity contribution in [1.82, 2.24) is 0 Å². The van der Waals surface area contributed by atoms with Crippen LogP contribution in [0, 0.1) is 0 Å². The third kappa shape index (κ3) is 4.23. The highest BCUT2D eigenvalue weighted by molar-refractivity contribution is 9.10. The zero-order chi connectivity index (χ0) is 14.6. The van der Waals surface area contributed by atoms with Gasteiger partial charge in [0.1, 0.15) is 11.5 Å². The standard InChI is InChI=1S/C14H11Br2O3P/c1-2-20(17,18-13-7-3-11(15)4-8-13)19-14-9-5-12(16)6-10-14/h2-10H,1H2. The fourth-order valence-electron chi connectivity index (χ4n) is 1.38. The highest BCUT2D eigenvalue weighted by Crippen LogP contribution is 2.49. The summed E-state index contributed by atoms with van der Waals surface area (Å²) < 4.78 is 25.2. The van der Waals surface area contributed by atoms with Crippen LogP contribution in [0.1, 0.15) is 0 Å². The third-order valence-electron chi connectivity index (χ3n) is 2.32. The lowest BCUT2D eigenvalue weighted by molar-refractivity contribution is 0.398. The molecule has 0 radical (unpaired) electrons. The van der Waals surface area contributed by atoms with Crippen LogP contribution in [0.5, 0.6) is 11.5 Å². The van der Waals surface area contributed by atoms with Gasteiger partial charge < -0.3 is 9.05 Å². The first-order valence-electron chi connectivity index (χ1n) is 5.64. The summed E-state index contributed by atoms with van der Waals surface area (Å²) >= 11 is 6.64. The molecule has 0 aliphatic rings. The highest BCUT2D eigenvalue weighted by Gasteiger charge is 2.23. The van der Waals surface area contributed by atoms with Crippen molar-refractivity contribution in [2.75, 3.05) is 0 Å². The van der Waals surface area contributed by atoms with Crippen LogP contribution < -0.4 is 9.05 Å². The molecule has 0 N–H and O–H groups in total. The Hall–Kier alpha value is -1.03.